The molecule has 0 saturated heterocycles. The Bertz CT molecular complexity index is 934. The number of hydrogen-bond acceptors (Lipinski definition) is 6. The average molecular weight is 408 g/mol. The first-order valence-electron chi connectivity index (χ1n) is 7.99. The van der Waals surface area contributed by atoms with Gasteiger partial charge in [-0.25, -0.2) is 4.39 Å². The molecule has 1 heterocycles. The predicted molar refractivity (Wildman–Crippen MR) is 102 cm³/mol. The first-order chi connectivity index (χ1) is 13.0. The first-order valence-corrected chi connectivity index (χ1v) is 9.36. The van der Waals surface area contributed by atoms with E-state index >= 15 is 0 Å². The van der Waals surface area contributed by atoms with Crippen LogP contribution in [-0.4, -0.2) is 28.5 Å². The Kier molecular flexibility index (Phi) is 6.31. The molecule has 0 bridgehead atoms. The van der Waals surface area contributed by atoms with Gasteiger partial charge >= 0.3 is 0 Å². The largest absolute Gasteiger partial charge is 0.494 e. The Hall–Kier alpha value is -2.58. The maximum absolute atomic E-state index is 13.1. The topological polar surface area (TPSA) is 77.2 Å². The molecule has 0 radical (unpaired) electrons. The maximum atomic E-state index is 13.1. The van der Waals surface area contributed by atoms with Crippen molar-refractivity contribution >= 4 is 35.0 Å². The van der Waals surface area contributed by atoms with E-state index in [1.807, 2.05) is 31.2 Å². The molecule has 9 heteroatoms. The number of carbonyl (C=O) groups is 1. The van der Waals surface area contributed by atoms with Crippen LogP contribution in [0.25, 0.3) is 11.5 Å². The minimum Gasteiger partial charge on any atom is -0.494 e. The van der Waals surface area contributed by atoms with Gasteiger partial charge in [0.1, 0.15) is 11.6 Å². The quantitative estimate of drug-likeness (QED) is 0.574. The highest BCUT2D eigenvalue weighted by atomic mass is 35.5. The molecule has 0 aliphatic carbocycles. The van der Waals surface area contributed by atoms with E-state index in [1.54, 1.807) is 0 Å². The van der Waals surface area contributed by atoms with Gasteiger partial charge in [-0.3, -0.25) is 4.79 Å². The highest BCUT2D eigenvalue weighted by Gasteiger charge is 2.12. The molecule has 3 rings (SSSR count). The van der Waals surface area contributed by atoms with Gasteiger partial charge in [0.2, 0.25) is 11.8 Å². The van der Waals surface area contributed by atoms with Crippen LogP contribution in [0.4, 0.5) is 10.1 Å². The van der Waals surface area contributed by atoms with Gasteiger partial charge in [0.15, 0.2) is 0 Å². The van der Waals surface area contributed by atoms with Crippen molar-refractivity contribution in [1.29, 1.82) is 0 Å². The van der Waals surface area contributed by atoms with Crippen molar-refractivity contribution in [2.24, 2.45) is 0 Å². The van der Waals surface area contributed by atoms with E-state index in [-0.39, 0.29) is 21.9 Å². The molecule has 0 atom stereocenters. The summed E-state index contributed by atoms with van der Waals surface area (Å²) in [5.74, 6) is 0.319. The fourth-order valence-corrected chi connectivity index (χ4v) is 2.89. The summed E-state index contributed by atoms with van der Waals surface area (Å²) in [6.07, 6.45) is 0. The molecule has 0 saturated carbocycles. The van der Waals surface area contributed by atoms with Crippen LogP contribution in [0, 0.1) is 5.82 Å². The zero-order valence-electron chi connectivity index (χ0n) is 14.2. The molecule has 0 unspecified atom stereocenters. The van der Waals surface area contributed by atoms with E-state index < -0.39 is 5.82 Å². The number of rotatable bonds is 7. The number of nitrogens with zero attached hydrogens (tertiary/aromatic N) is 2. The third kappa shape index (κ3) is 5.21. The molecule has 0 aliphatic rings. The van der Waals surface area contributed by atoms with Gasteiger partial charge in [-0.15, -0.1) is 10.2 Å². The van der Waals surface area contributed by atoms with Crippen LogP contribution in [0.3, 0.4) is 0 Å². The lowest BCUT2D eigenvalue weighted by Gasteiger charge is -2.04. The lowest BCUT2D eigenvalue weighted by Crippen LogP contribution is -2.14. The molecule has 2 aromatic carbocycles. The van der Waals surface area contributed by atoms with E-state index in [1.165, 1.54) is 18.2 Å². The van der Waals surface area contributed by atoms with Crippen LogP contribution < -0.4 is 10.1 Å². The summed E-state index contributed by atoms with van der Waals surface area (Å²) >= 11 is 6.78. The minimum atomic E-state index is -0.545. The van der Waals surface area contributed by atoms with Crippen LogP contribution in [0.1, 0.15) is 6.92 Å². The third-order valence-electron chi connectivity index (χ3n) is 3.35. The van der Waals surface area contributed by atoms with Crippen molar-refractivity contribution in [3.8, 4) is 17.2 Å². The van der Waals surface area contributed by atoms with E-state index in [2.05, 4.69) is 15.5 Å². The molecule has 1 N–H and O–H groups in total. The lowest BCUT2D eigenvalue weighted by molar-refractivity contribution is -0.113. The van der Waals surface area contributed by atoms with Gasteiger partial charge in [0, 0.05) is 11.3 Å². The van der Waals surface area contributed by atoms with E-state index in [9.17, 15) is 9.18 Å². The van der Waals surface area contributed by atoms with Crippen LogP contribution >= 0.6 is 23.4 Å². The van der Waals surface area contributed by atoms with E-state index in [0.29, 0.717) is 18.2 Å². The number of thioether (sulfide) groups is 1. The zero-order valence-corrected chi connectivity index (χ0v) is 15.8. The summed E-state index contributed by atoms with van der Waals surface area (Å²) in [7, 11) is 0. The summed E-state index contributed by atoms with van der Waals surface area (Å²) in [6, 6.07) is 11.2. The van der Waals surface area contributed by atoms with Gasteiger partial charge in [-0.05, 0) is 49.4 Å². The van der Waals surface area contributed by atoms with Crippen molar-refractivity contribution in [2.75, 3.05) is 17.7 Å². The standard InChI is InChI=1S/C18H15ClFN3O3S/c1-2-25-13-6-3-11(4-7-13)17-22-23-18(26-17)27-10-16(24)21-12-5-8-15(20)14(19)9-12/h3-9H,2,10H2,1H3,(H,21,24). The van der Waals surface area contributed by atoms with Gasteiger partial charge in [-0.2, -0.15) is 0 Å². The van der Waals surface area contributed by atoms with Crippen LogP contribution in [-0.2, 0) is 4.79 Å². The fraction of sp³-hybridized carbons (Fsp3) is 0.167. The average Bonchev–Trinajstić information content (AvgIpc) is 3.13. The van der Waals surface area contributed by atoms with Crippen LogP contribution in [0.5, 0.6) is 5.75 Å². The van der Waals surface area contributed by atoms with E-state index in [4.69, 9.17) is 20.8 Å². The van der Waals surface area contributed by atoms with Crippen LogP contribution in [0.15, 0.2) is 52.1 Å². The second-order valence-corrected chi connectivity index (χ2v) is 6.63. The number of nitrogens with one attached hydrogen (secondary N) is 1. The fourth-order valence-electron chi connectivity index (χ4n) is 2.14. The Morgan fingerprint density at radius 1 is 1.26 bits per heavy atom. The monoisotopic (exact) mass is 407 g/mol. The van der Waals surface area contributed by atoms with E-state index in [0.717, 1.165) is 23.1 Å². The summed E-state index contributed by atoms with van der Waals surface area (Å²) in [5, 5.41) is 10.7. The molecular weight excluding hydrogens is 393 g/mol. The lowest BCUT2D eigenvalue weighted by atomic mass is 10.2. The molecule has 0 fully saturated rings. The molecule has 0 aliphatic heterocycles. The number of ether oxygens (including phenoxy) is 1. The van der Waals surface area contributed by atoms with Crippen molar-refractivity contribution < 1.29 is 18.3 Å². The van der Waals surface area contributed by atoms with Gasteiger partial charge in [0.05, 0.1) is 17.4 Å². The highest BCUT2D eigenvalue weighted by Crippen LogP contribution is 2.25. The molecule has 140 valence electrons. The Labute approximate surface area is 164 Å². The van der Waals surface area contributed by atoms with Gasteiger partial charge < -0.3 is 14.5 Å². The minimum absolute atomic E-state index is 0.0555. The number of halogens is 2. The second kappa shape index (κ2) is 8.88. The Morgan fingerprint density at radius 3 is 2.74 bits per heavy atom. The first kappa shape index (κ1) is 19.2. The molecule has 3 aromatic rings. The number of amides is 1. The SMILES string of the molecule is CCOc1ccc(-c2nnc(SCC(=O)Nc3ccc(F)c(Cl)c3)o2)cc1. The van der Waals surface area contributed by atoms with Crippen molar-refractivity contribution in [1.82, 2.24) is 10.2 Å². The molecule has 27 heavy (non-hydrogen) atoms. The second-order valence-electron chi connectivity index (χ2n) is 5.30. The third-order valence-corrected chi connectivity index (χ3v) is 4.46. The highest BCUT2D eigenvalue weighted by molar-refractivity contribution is 7.99. The molecule has 1 aromatic heterocycles. The number of anilines is 1. The predicted octanol–water partition coefficient (Wildman–Crippen LogP) is 4.66. The number of hydrogen-bond donors (Lipinski definition) is 1. The molecule has 0 spiro atoms. The number of benzene rings is 2. The van der Waals surface area contributed by atoms with Gasteiger partial charge in [0.25, 0.3) is 5.22 Å². The van der Waals surface area contributed by atoms with Crippen molar-refractivity contribution in [3.05, 3.63) is 53.3 Å². The Morgan fingerprint density at radius 2 is 2.04 bits per heavy atom. The Balaban J connectivity index is 1.55. The van der Waals surface area contributed by atoms with Gasteiger partial charge in [-0.1, -0.05) is 23.4 Å². The summed E-state index contributed by atoms with van der Waals surface area (Å²) < 4.78 is 24.1. The molecule has 6 nitrogen and oxygen atoms in total. The molecule has 1 amide bonds. The van der Waals surface area contributed by atoms with Crippen molar-refractivity contribution in [2.45, 2.75) is 12.1 Å². The summed E-state index contributed by atoms with van der Waals surface area (Å²) in [5.41, 5.74) is 1.16. The molecular formula is C18H15ClFN3O3S. The number of carbonyl (C=O) groups excluding carboxylic acids is 1. The normalized spacial score (nSPS) is 10.6. The van der Waals surface area contributed by atoms with Crippen LogP contribution in [0.2, 0.25) is 5.02 Å². The summed E-state index contributed by atoms with van der Waals surface area (Å²) in [4.78, 5) is 12.0. The smallest absolute Gasteiger partial charge is 0.277 e. The zero-order chi connectivity index (χ0) is 19.2. The maximum Gasteiger partial charge on any atom is 0.277 e. The summed E-state index contributed by atoms with van der Waals surface area (Å²) in [6.45, 7) is 2.50. The van der Waals surface area contributed by atoms with Crippen molar-refractivity contribution in [3.63, 3.8) is 0 Å². The number of aromatic nitrogens is 2.